The van der Waals surface area contributed by atoms with Gasteiger partial charge in [0.25, 0.3) is 5.54 Å². The van der Waals surface area contributed by atoms with Crippen LogP contribution in [0.3, 0.4) is 0 Å². The Balaban J connectivity index is 2.86. The minimum absolute atomic E-state index is 0.533. The van der Waals surface area contributed by atoms with Crippen molar-refractivity contribution >= 4 is 11.8 Å². The van der Waals surface area contributed by atoms with Crippen LogP contribution in [-0.4, -0.2) is 39.1 Å². The van der Waals surface area contributed by atoms with Crippen LogP contribution in [-0.2, 0) is 0 Å². The molecular formula is C11H15NO4S. The minimum atomic E-state index is -1.71. The van der Waals surface area contributed by atoms with E-state index in [0.29, 0.717) is 0 Å². The Labute approximate surface area is 104 Å². The van der Waals surface area contributed by atoms with E-state index < -0.39 is 28.9 Å². The molecule has 0 aliphatic carbocycles. The lowest BCUT2D eigenvalue weighted by atomic mass is 9.99. The summed E-state index contributed by atoms with van der Waals surface area (Å²) in [7, 11) is 0. The predicted molar refractivity (Wildman–Crippen MR) is 65.7 cm³/mol. The fourth-order valence-electron chi connectivity index (χ4n) is 1.38. The molecule has 0 radical (unpaired) electrons. The number of benzene rings is 1. The molecule has 0 saturated heterocycles. The molecule has 2 N–H and O–H groups in total. The first kappa shape index (κ1) is 14.0. The van der Waals surface area contributed by atoms with Crippen LogP contribution < -0.4 is 0 Å². The highest BCUT2D eigenvalue weighted by atomic mass is 32.2. The van der Waals surface area contributed by atoms with E-state index in [4.69, 9.17) is 0 Å². The average Bonchev–Trinajstić information content (AvgIpc) is 2.32. The summed E-state index contributed by atoms with van der Waals surface area (Å²) >= 11 is 1.27. The number of aliphatic hydroxyl groups is 2. The summed E-state index contributed by atoms with van der Waals surface area (Å²) in [5.74, 6) is 0. The highest BCUT2D eigenvalue weighted by Crippen LogP contribution is 2.31. The number of rotatable bonds is 6. The Kier molecular flexibility index (Phi) is 4.92. The van der Waals surface area contributed by atoms with E-state index in [0.717, 1.165) is 4.90 Å². The molecule has 94 valence electrons. The molecule has 1 aromatic carbocycles. The van der Waals surface area contributed by atoms with Crippen molar-refractivity contribution in [3.63, 3.8) is 0 Å². The smallest absolute Gasteiger partial charge is 0.278 e. The van der Waals surface area contributed by atoms with Crippen molar-refractivity contribution in [2.75, 3.05) is 13.2 Å². The van der Waals surface area contributed by atoms with Gasteiger partial charge in [0.2, 0.25) is 0 Å². The summed E-state index contributed by atoms with van der Waals surface area (Å²) < 4.78 is 0. The maximum atomic E-state index is 11.0. The molecule has 0 aromatic heterocycles. The topological polar surface area (TPSA) is 83.6 Å². The van der Waals surface area contributed by atoms with Crippen LogP contribution in [0, 0.1) is 10.1 Å². The zero-order valence-electron chi connectivity index (χ0n) is 9.44. The molecule has 1 rings (SSSR count). The number of nitro groups is 1. The molecule has 0 amide bonds. The van der Waals surface area contributed by atoms with Gasteiger partial charge in [-0.3, -0.25) is 10.1 Å². The Morgan fingerprint density at radius 3 is 2.29 bits per heavy atom. The normalized spacial score (nSPS) is 13.4. The maximum absolute atomic E-state index is 11.0. The van der Waals surface area contributed by atoms with Crippen molar-refractivity contribution in [2.45, 2.75) is 22.6 Å². The number of thioether (sulfide) groups is 1. The first-order valence-corrected chi connectivity index (χ1v) is 6.02. The Morgan fingerprint density at radius 1 is 1.35 bits per heavy atom. The van der Waals surface area contributed by atoms with Crippen molar-refractivity contribution in [3.8, 4) is 0 Å². The standard InChI is InChI=1S/C11H15NO4S/c1-9(11(7-13,8-14)12(15)16)17-10-5-3-2-4-6-10/h2-6,9,13-14H,7-8H2,1H3. The molecule has 0 spiro atoms. The van der Waals surface area contributed by atoms with E-state index in [1.807, 2.05) is 30.3 Å². The second kappa shape index (κ2) is 6.00. The van der Waals surface area contributed by atoms with Gasteiger partial charge in [0.15, 0.2) is 0 Å². The van der Waals surface area contributed by atoms with E-state index in [1.165, 1.54) is 11.8 Å². The van der Waals surface area contributed by atoms with E-state index in [-0.39, 0.29) is 0 Å². The lowest BCUT2D eigenvalue weighted by molar-refractivity contribution is -0.575. The van der Waals surface area contributed by atoms with Gasteiger partial charge in [-0.1, -0.05) is 18.2 Å². The van der Waals surface area contributed by atoms with Gasteiger partial charge < -0.3 is 10.2 Å². The van der Waals surface area contributed by atoms with Crippen molar-refractivity contribution in [1.29, 1.82) is 0 Å². The Bertz CT molecular complexity index is 367. The van der Waals surface area contributed by atoms with Crippen LogP contribution in [0.5, 0.6) is 0 Å². The van der Waals surface area contributed by atoms with Crippen LogP contribution in [0.2, 0.25) is 0 Å². The average molecular weight is 257 g/mol. The van der Waals surface area contributed by atoms with Gasteiger partial charge in [-0.25, -0.2) is 0 Å². The second-order valence-corrected chi connectivity index (χ2v) is 5.16. The Hall–Kier alpha value is -1.11. The lowest BCUT2D eigenvalue weighted by Crippen LogP contribution is -2.53. The summed E-state index contributed by atoms with van der Waals surface area (Å²) in [6, 6.07) is 9.19. The molecule has 5 nitrogen and oxygen atoms in total. The molecule has 0 bridgehead atoms. The highest BCUT2D eigenvalue weighted by molar-refractivity contribution is 8.00. The monoisotopic (exact) mass is 257 g/mol. The fourth-order valence-corrected chi connectivity index (χ4v) is 2.56. The minimum Gasteiger partial charge on any atom is -0.389 e. The van der Waals surface area contributed by atoms with Crippen molar-refractivity contribution in [1.82, 2.24) is 0 Å². The second-order valence-electron chi connectivity index (χ2n) is 3.75. The van der Waals surface area contributed by atoms with Gasteiger partial charge in [-0.05, 0) is 19.1 Å². The molecular weight excluding hydrogens is 242 g/mol. The number of nitrogens with zero attached hydrogens (tertiary/aromatic N) is 1. The number of hydrogen-bond donors (Lipinski definition) is 2. The maximum Gasteiger partial charge on any atom is 0.278 e. The fraction of sp³-hybridized carbons (Fsp3) is 0.455. The van der Waals surface area contributed by atoms with Crippen LogP contribution in [0.1, 0.15) is 6.92 Å². The molecule has 17 heavy (non-hydrogen) atoms. The van der Waals surface area contributed by atoms with Crippen LogP contribution >= 0.6 is 11.8 Å². The summed E-state index contributed by atoms with van der Waals surface area (Å²) in [5, 5.41) is 28.8. The molecule has 1 atom stereocenters. The molecule has 0 fully saturated rings. The predicted octanol–water partition coefficient (Wildman–Crippen LogP) is 1.17. The largest absolute Gasteiger partial charge is 0.389 e. The quantitative estimate of drug-likeness (QED) is 0.454. The molecule has 1 aromatic rings. The van der Waals surface area contributed by atoms with E-state index >= 15 is 0 Å². The lowest BCUT2D eigenvalue weighted by Gasteiger charge is -2.26. The van der Waals surface area contributed by atoms with Gasteiger partial charge in [-0.15, -0.1) is 11.8 Å². The van der Waals surface area contributed by atoms with Crippen molar-refractivity contribution < 1.29 is 15.1 Å². The van der Waals surface area contributed by atoms with Crippen LogP contribution in [0.25, 0.3) is 0 Å². The molecule has 6 heteroatoms. The Morgan fingerprint density at radius 2 is 1.88 bits per heavy atom. The summed E-state index contributed by atoms with van der Waals surface area (Å²) in [4.78, 5) is 11.3. The van der Waals surface area contributed by atoms with Crippen molar-refractivity contribution in [3.05, 3.63) is 40.4 Å². The van der Waals surface area contributed by atoms with Crippen molar-refractivity contribution in [2.24, 2.45) is 0 Å². The number of aliphatic hydroxyl groups excluding tert-OH is 2. The molecule has 0 aliphatic rings. The zero-order chi connectivity index (χ0) is 12.9. The molecule has 1 unspecified atom stereocenters. The first-order chi connectivity index (χ1) is 8.06. The third-order valence-corrected chi connectivity index (χ3v) is 4.06. The molecule has 0 heterocycles. The van der Waals surface area contributed by atoms with Gasteiger partial charge in [0, 0.05) is 9.82 Å². The van der Waals surface area contributed by atoms with E-state index in [2.05, 4.69) is 0 Å². The molecule has 0 aliphatic heterocycles. The third kappa shape index (κ3) is 2.96. The summed E-state index contributed by atoms with van der Waals surface area (Å²) in [6.45, 7) is 0.266. The van der Waals surface area contributed by atoms with E-state index in [1.54, 1.807) is 6.92 Å². The summed E-state index contributed by atoms with van der Waals surface area (Å²) in [5.41, 5.74) is -1.71. The third-order valence-electron chi connectivity index (χ3n) is 2.72. The van der Waals surface area contributed by atoms with E-state index in [9.17, 15) is 20.3 Å². The van der Waals surface area contributed by atoms with Gasteiger partial charge in [0.1, 0.15) is 13.2 Å². The zero-order valence-corrected chi connectivity index (χ0v) is 10.3. The van der Waals surface area contributed by atoms with Crippen LogP contribution in [0.4, 0.5) is 0 Å². The van der Waals surface area contributed by atoms with Gasteiger partial charge in [-0.2, -0.15) is 0 Å². The number of hydrogen-bond acceptors (Lipinski definition) is 5. The SMILES string of the molecule is CC(Sc1ccccc1)C(CO)(CO)[N+](=O)[O-]. The highest BCUT2D eigenvalue weighted by Gasteiger charge is 2.48. The molecule has 0 saturated carbocycles. The summed E-state index contributed by atoms with van der Waals surface area (Å²) in [6.07, 6.45) is 0. The van der Waals surface area contributed by atoms with Gasteiger partial charge in [0.05, 0.1) is 5.25 Å². The van der Waals surface area contributed by atoms with Crippen LogP contribution in [0.15, 0.2) is 35.2 Å². The van der Waals surface area contributed by atoms with Gasteiger partial charge >= 0.3 is 0 Å². The first-order valence-electron chi connectivity index (χ1n) is 5.14.